The Bertz CT molecular complexity index is 1380. The lowest BCUT2D eigenvalue weighted by Gasteiger charge is -2.09. The van der Waals surface area contributed by atoms with Gasteiger partial charge in [-0.15, -0.1) is 0 Å². The van der Waals surface area contributed by atoms with Gasteiger partial charge in [0.2, 0.25) is 6.79 Å². The first kappa shape index (κ1) is 24.9. The van der Waals surface area contributed by atoms with Gasteiger partial charge in [0, 0.05) is 10.6 Å². The number of fused-ring (bicyclic) bond motifs is 1. The zero-order valence-electron chi connectivity index (χ0n) is 19.9. The Morgan fingerprint density at radius 3 is 2.61 bits per heavy atom. The molecule has 0 unspecified atom stereocenters. The molecule has 1 aliphatic rings. The van der Waals surface area contributed by atoms with E-state index in [-0.39, 0.29) is 12.4 Å². The number of hydrogen-bond acceptors (Lipinski definition) is 5. The van der Waals surface area contributed by atoms with Crippen LogP contribution in [0.1, 0.15) is 19.5 Å². The van der Waals surface area contributed by atoms with Crippen LogP contribution in [-0.4, -0.2) is 34.3 Å². The first-order chi connectivity index (χ1) is 17.4. The number of aromatic nitrogens is 2. The van der Waals surface area contributed by atoms with Gasteiger partial charge in [0.15, 0.2) is 11.5 Å². The Kier molecular flexibility index (Phi) is 7.61. The number of halogens is 1. The first-order valence-corrected chi connectivity index (χ1v) is 11.7. The molecule has 4 rings (SSSR count). The van der Waals surface area contributed by atoms with Crippen molar-refractivity contribution in [3.63, 3.8) is 0 Å². The Balaban J connectivity index is 1.85. The maximum absolute atomic E-state index is 12.1. The van der Waals surface area contributed by atoms with Crippen LogP contribution < -0.4 is 14.2 Å². The summed E-state index contributed by atoms with van der Waals surface area (Å²) in [6.45, 7) is 8.02. The fourth-order valence-corrected chi connectivity index (χ4v) is 3.84. The summed E-state index contributed by atoms with van der Waals surface area (Å²) in [6, 6.07) is 15.0. The molecule has 1 N–H and O–H groups in total. The molecular formula is C28H25ClN2O5. The molecule has 0 bridgehead atoms. The molecule has 7 nitrogen and oxygen atoms in total. The van der Waals surface area contributed by atoms with Gasteiger partial charge in [-0.1, -0.05) is 30.3 Å². The minimum Gasteiger partial charge on any atom is -0.494 e. The molecule has 2 aromatic carbocycles. The van der Waals surface area contributed by atoms with E-state index in [1.165, 1.54) is 12.2 Å². The molecule has 0 saturated heterocycles. The Hall–Kier alpha value is -4.23. The number of ether oxygens (including phenoxy) is 3. The predicted molar refractivity (Wildman–Crippen MR) is 140 cm³/mol. The van der Waals surface area contributed by atoms with Crippen molar-refractivity contribution in [3.05, 3.63) is 95.2 Å². The van der Waals surface area contributed by atoms with Crippen molar-refractivity contribution in [2.75, 3.05) is 13.4 Å². The zero-order chi connectivity index (χ0) is 25.7. The summed E-state index contributed by atoms with van der Waals surface area (Å²) in [5.74, 6) is 0.946. The number of rotatable bonds is 9. The number of nitrogens with zero attached hydrogens (tertiary/aromatic N) is 2. The van der Waals surface area contributed by atoms with Crippen LogP contribution in [-0.2, 0) is 4.79 Å². The third-order valence-corrected chi connectivity index (χ3v) is 5.69. The van der Waals surface area contributed by atoms with Crippen molar-refractivity contribution in [1.82, 2.24) is 9.78 Å². The highest BCUT2D eigenvalue weighted by molar-refractivity contribution is 6.31. The summed E-state index contributed by atoms with van der Waals surface area (Å²) in [6.07, 6.45) is 6.19. The number of aliphatic carboxylic acids is 1. The first-order valence-electron chi connectivity index (χ1n) is 11.3. The summed E-state index contributed by atoms with van der Waals surface area (Å²) in [4.78, 5) is 12.1. The molecule has 1 aliphatic heterocycles. The molecule has 184 valence electrons. The lowest BCUT2D eigenvalue weighted by Crippen LogP contribution is -2.03. The second-order valence-electron chi connectivity index (χ2n) is 7.70. The average molecular weight is 505 g/mol. The third kappa shape index (κ3) is 5.37. The van der Waals surface area contributed by atoms with Crippen molar-refractivity contribution < 1.29 is 24.1 Å². The van der Waals surface area contributed by atoms with E-state index in [1.54, 1.807) is 23.8 Å². The quantitative estimate of drug-likeness (QED) is 0.268. The highest BCUT2D eigenvalue weighted by Gasteiger charge is 2.19. The molecule has 8 heteroatoms. The normalized spacial score (nSPS) is 13.6. The molecule has 36 heavy (non-hydrogen) atoms. The zero-order valence-corrected chi connectivity index (χ0v) is 20.7. The molecule has 0 saturated carbocycles. The van der Waals surface area contributed by atoms with Crippen molar-refractivity contribution in [3.8, 4) is 34.2 Å². The van der Waals surface area contributed by atoms with Crippen molar-refractivity contribution in [2.24, 2.45) is 0 Å². The van der Waals surface area contributed by atoms with Crippen LogP contribution in [0.2, 0.25) is 0 Å². The van der Waals surface area contributed by atoms with E-state index < -0.39 is 5.97 Å². The second kappa shape index (κ2) is 11.0. The van der Waals surface area contributed by atoms with Crippen molar-refractivity contribution in [1.29, 1.82) is 0 Å². The van der Waals surface area contributed by atoms with Crippen LogP contribution in [0.15, 0.2) is 89.5 Å². The van der Waals surface area contributed by atoms with E-state index in [4.69, 9.17) is 30.9 Å². The van der Waals surface area contributed by atoms with Crippen molar-refractivity contribution >= 4 is 23.6 Å². The minimum absolute atomic E-state index is 0.0473. The fourth-order valence-electron chi connectivity index (χ4n) is 3.72. The van der Waals surface area contributed by atoms with E-state index in [0.717, 1.165) is 22.7 Å². The van der Waals surface area contributed by atoms with Crippen LogP contribution in [0.4, 0.5) is 0 Å². The topological polar surface area (TPSA) is 82.8 Å². The van der Waals surface area contributed by atoms with Crippen LogP contribution in [0.5, 0.6) is 17.2 Å². The Labute approximate surface area is 214 Å². The number of allylic oxidation sites excluding steroid dienone is 4. The van der Waals surface area contributed by atoms with E-state index in [0.29, 0.717) is 34.4 Å². The highest BCUT2D eigenvalue weighted by Crippen LogP contribution is 2.37. The summed E-state index contributed by atoms with van der Waals surface area (Å²) in [5.41, 5.74) is 3.30. The van der Waals surface area contributed by atoms with Crippen LogP contribution >= 0.6 is 11.6 Å². The minimum atomic E-state index is -1.10. The molecule has 0 atom stereocenters. The number of carboxylic acids is 1. The monoisotopic (exact) mass is 504 g/mol. The van der Waals surface area contributed by atoms with Gasteiger partial charge in [0.25, 0.3) is 0 Å². The molecule has 0 amide bonds. The van der Waals surface area contributed by atoms with E-state index in [2.05, 4.69) is 6.58 Å². The fraction of sp³-hybridized carbons (Fsp3) is 0.143. The van der Waals surface area contributed by atoms with Gasteiger partial charge < -0.3 is 19.3 Å². The summed E-state index contributed by atoms with van der Waals surface area (Å²) in [7, 11) is 0. The van der Waals surface area contributed by atoms with E-state index in [9.17, 15) is 9.90 Å². The molecule has 0 aliphatic carbocycles. The number of carboxylic acid groups (broad SMARTS) is 1. The van der Waals surface area contributed by atoms with Gasteiger partial charge in [-0.2, -0.15) is 5.10 Å². The van der Waals surface area contributed by atoms with Gasteiger partial charge in [0.1, 0.15) is 5.75 Å². The molecule has 0 spiro atoms. The lowest BCUT2D eigenvalue weighted by molar-refractivity contribution is -0.132. The summed E-state index contributed by atoms with van der Waals surface area (Å²) < 4.78 is 18.3. The third-order valence-electron chi connectivity index (χ3n) is 5.42. The number of carbonyl (C=O) groups is 1. The second-order valence-corrected chi connectivity index (χ2v) is 8.14. The van der Waals surface area contributed by atoms with Crippen LogP contribution in [0, 0.1) is 0 Å². The maximum atomic E-state index is 12.1. The highest BCUT2D eigenvalue weighted by atomic mass is 35.5. The van der Waals surface area contributed by atoms with Gasteiger partial charge in [-0.25, -0.2) is 9.48 Å². The maximum Gasteiger partial charge on any atom is 0.336 e. The van der Waals surface area contributed by atoms with Crippen LogP contribution in [0.25, 0.3) is 23.0 Å². The van der Waals surface area contributed by atoms with E-state index in [1.807, 2.05) is 55.5 Å². The standard InChI is InChI=1S/C28H25ClN2O5/c1-4-18(13-20(29)5-2)24(28(32)33)15-21-16-25(19-7-12-26-27(14-19)36-17-35-26)31(30-21)22-8-10-23(11-9-22)34-6-3/h4-5,7-16H,2,6,17H2,1,3H3,(H,32,33)/b18-4+,20-13+,24-15-. The van der Waals surface area contributed by atoms with Gasteiger partial charge in [0.05, 0.1) is 29.3 Å². The Morgan fingerprint density at radius 1 is 1.19 bits per heavy atom. The predicted octanol–water partition coefficient (Wildman–Crippen LogP) is 6.39. The molecule has 1 aromatic heterocycles. The van der Waals surface area contributed by atoms with Gasteiger partial charge in [-0.05, 0) is 80.1 Å². The van der Waals surface area contributed by atoms with E-state index >= 15 is 0 Å². The van der Waals surface area contributed by atoms with Gasteiger partial charge >= 0.3 is 5.97 Å². The SMILES string of the molecule is C=C\C(Cl)=C/C(=C\C)C(=C/c1cc(-c2ccc3c(c2)OCO3)n(-c2ccc(OCC)cc2)n1)/C(=O)O. The summed E-state index contributed by atoms with van der Waals surface area (Å²) in [5, 5.41) is 15.0. The molecule has 0 fully saturated rings. The molecular weight excluding hydrogens is 480 g/mol. The molecule has 3 aromatic rings. The molecule has 2 heterocycles. The summed E-state index contributed by atoms with van der Waals surface area (Å²) >= 11 is 6.09. The lowest BCUT2D eigenvalue weighted by atomic mass is 10.0. The van der Waals surface area contributed by atoms with Gasteiger partial charge in [-0.3, -0.25) is 0 Å². The molecule has 0 radical (unpaired) electrons. The average Bonchev–Trinajstić information content (AvgIpc) is 3.53. The number of hydrogen-bond donors (Lipinski definition) is 1. The number of benzene rings is 2. The smallest absolute Gasteiger partial charge is 0.336 e. The van der Waals surface area contributed by atoms with Crippen molar-refractivity contribution in [2.45, 2.75) is 13.8 Å². The van der Waals surface area contributed by atoms with Crippen LogP contribution in [0.3, 0.4) is 0 Å². The largest absolute Gasteiger partial charge is 0.494 e. The Morgan fingerprint density at radius 2 is 1.94 bits per heavy atom.